The first-order valence-electron chi connectivity index (χ1n) is 20.0. The number of carbonyl (C=O) groups is 2. The summed E-state index contributed by atoms with van der Waals surface area (Å²) in [4.78, 5) is 26.5. The zero-order valence-electron chi connectivity index (χ0n) is 36.4. The molecule has 60 heavy (non-hydrogen) atoms. The van der Waals surface area contributed by atoms with E-state index in [-0.39, 0.29) is 45.6 Å². The maximum absolute atomic E-state index is 14.5. The summed E-state index contributed by atoms with van der Waals surface area (Å²) in [6.07, 6.45) is -2.48. The Bertz CT molecular complexity index is 2340. The van der Waals surface area contributed by atoms with Gasteiger partial charge in [-0.2, -0.15) is 8.61 Å². The first-order chi connectivity index (χ1) is 27.8. The Hall–Kier alpha value is -4.44. The van der Waals surface area contributed by atoms with Crippen molar-refractivity contribution in [3.8, 4) is 22.6 Å². The molecule has 2 aliphatic rings. The minimum atomic E-state index is -4.17. The van der Waals surface area contributed by atoms with Gasteiger partial charge in [0.15, 0.2) is 12.5 Å². The number of nitrogens with zero attached hydrogens (tertiary/aromatic N) is 2. The summed E-state index contributed by atoms with van der Waals surface area (Å²) in [5, 5.41) is 0. The van der Waals surface area contributed by atoms with Crippen molar-refractivity contribution in [3.05, 3.63) is 106 Å². The third-order valence-corrected chi connectivity index (χ3v) is 14.7. The van der Waals surface area contributed by atoms with Crippen LogP contribution in [0.3, 0.4) is 0 Å². The Morgan fingerprint density at radius 2 is 0.900 bits per heavy atom. The van der Waals surface area contributed by atoms with E-state index in [1.54, 1.807) is 74.5 Å². The van der Waals surface area contributed by atoms with Gasteiger partial charge in [0.25, 0.3) is 0 Å². The van der Waals surface area contributed by atoms with E-state index in [1.165, 1.54) is 22.5 Å². The topological polar surface area (TPSA) is 146 Å². The van der Waals surface area contributed by atoms with Gasteiger partial charge < -0.3 is 18.9 Å². The summed E-state index contributed by atoms with van der Waals surface area (Å²) in [5.41, 5.74) is 3.24. The lowest BCUT2D eigenvalue weighted by atomic mass is 9.80. The molecule has 0 aliphatic carbocycles. The highest BCUT2D eigenvalue weighted by atomic mass is 32.2. The molecule has 2 saturated heterocycles. The maximum Gasteiger partial charge on any atom is 0.308 e. The van der Waals surface area contributed by atoms with Crippen molar-refractivity contribution in [2.45, 2.75) is 128 Å². The Morgan fingerprint density at radius 3 is 1.18 bits per heavy atom. The quantitative estimate of drug-likeness (QED) is 0.118. The van der Waals surface area contributed by atoms with Gasteiger partial charge in [-0.05, 0) is 98.2 Å². The molecule has 0 amide bonds. The van der Waals surface area contributed by atoms with Gasteiger partial charge in [-0.3, -0.25) is 9.59 Å². The Labute approximate surface area is 354 Å². The number of benzene rings is 4. The number of ether oxygens (including phenoxy) is 4. The van der Waals surface area contributed by atoms with Crippen molar-refractivity contribution in [1.82, 2.24) is 8.61 Å². The molecule has 2 heterocycles. The van der Waals surface area contributed by atoms with Crippen molar-refractivity contribution in [2.75, 3.05) is 13.2 Å². The fraction of sp³-hybridized carbons (Fsp3) is 0.435. The molecule has 322 valence electrons. The second kappa shape index (κ2) is 16.4. The molecule has 0 radical (unpaired) electrons. The number of sulfonamides is 2. The molecule has 0 unspecified atom stereocenters. The second-order valence-corrected chi connectivity index (χ2v) is 21.6. The Morgan fingerprint density at radius 1 is 0.583 bits per heavy atom. The van der Waals surface area contributed by atoms with Crippen molar-refractivity contribution in [1.29, 1.82) is 0 Å². The molecular formula is C46H56N2O10S2. The van der Waals surface area contributed by atoms with E-state index >= 15 is 0 Å². The first-order valence-corrected chi connectivity index (χ1v) is 22.9. The average Bonchev–Trinajstić information content (AvgIpc) is 3.73. The van der Waals surface area contributed by atoms with Crippen LogP contribution in [-0.4, -0.2) is 62.7 Å². The van der Waals surface area contributed by atoms with Gasteiger partial charge >= 0.3 is 11.9 Å². The molecule has 6 rings (SSSR count). The monoisotopic (exact) mass is 860 g/mol. The summed E-state index contributed by atoms with van der Waals surface area (Å²) >= 11 is 0. The molecule has 12 nitrogen and oxygen atoms in total. The molecule has 4 aromatic carbocycles. The van der Waals surface area contributed by atoms with Gasteiger partial charge in [0.05, 0.1) is 23.0 Å². The van der Waals surface area contributed by atoms with Crippen LogP contribution >= 0.6 is 0 Å². The van der Waals surface area contributed by atoms with E-state index in [0.717, 1.165) is 22.3 Å². The van der Waals surface area contributed by atoms with Crippen LogP contribution in [0.4, 0.5) is 0 Å². The molecular weight excluding hydrogens is 805 g/mol. The predicted octanol–water partition coefficient (Wildman–Crippen LogP) is 8.63. The van der Waals surface area contributed by atoms with E-state index in [4.69, 9.17) is 18.9 Å². The van der Waals surface area contributed by atoms with Crippen LogP contribution in [0.15, 0.2) is 82.6 Å². The number of aryl methyl sites for hydroxylation is 2. The summed E-state index contributed by atoms with van der Waals surface area (Å²) in [6, 6.07) is 19.1. The van der Waals surface area contributed by atoms with Gasteiger partial charge in [0.1, 0.15) is 11.5 Å². The summed E-state index contributed by atoms with van der Waals surface area (Å²) < 4.78 is 85.5. The van der Waals surface area contributed by atoms with Gasteiger partial charge in [-0.25, -0.2) is 16.8 Å². The maximum atomic E-state index is 14.5. The number of hydrogen-bond acceptors (Lipinski definition) is 10. The summed E-state index contributed by atoms with van der Waals surface area (Å²) in [6.45, 7) is 21.8. The highest BCUT2D eigenvalue weighted by molar-refractivity contribution is 7.89. The number of rotatable bonds is 9. The Balaban J connectivity index is 1.69. The van der Waals surface area contributed by atoms with Crippen LogP contribution < -0.4 is 9.47 Å². The molecule has 2 aliphatic heterocycles. The standard InChI is InChI=1S/C46H56N2O10S2/c1-27-13-17-35(18-14-27)59(51,52)47-29(3)25-55-43(47)39-23-33(45(7,8)9)21-37(41(39)57-31(5)49)38-22-34(46(10,11)12)24-40(42(38)58-32(6)50)44-48(30(4)26-56-44)60(53,54)36-19-15-28(2)16-20-36/h13-24,29-30,43-44H,25-26H2,1-12H3/t29-,30-,43-,44-/m0/s1. The van der Waals surface area contributed by atoms with E-state index in [9.17, 15) is 26.4 Å². The number of esters is 2. The fourth-order valence-electron chi connectivity index (χ4n) is 7.51. The van der Waals surface area contributed by atoms with Crippen LogP contribution in [0.25, 0.3) is 11.1 Å². The lowest BCUT2D eigenvalue weighted by molar-refractivity contribution is -0.133. The molecule has 0 bridgehead atoms. The largest absolute Gasteiger partial charge is 0.426 e. The average molecular weight is 861 g/mol. The van der Waals surface area contributed by atoms with Gasteiger partial charge in [0.2, 0.25) is 20.0 Å². The van der Waals surface area contributed by atoms with Crippen molar-refractivity contribution >= 4 is 32.0 Å². The molecule has 0 spiro atoms. The minimum absolute atomic E-state index is 0.00559. The molecule has 0 saturated carbocycles. The van der Waals surface area contributed by atoms with E-state index in [2.05, 4.69) is 0 Å². The number of carbonyl (C=O) groups excluding carboxylic acids is 2. The lowest BCUT2D eigenvalue weighted by Crippen LogP contribution is -2.37. The van der Waals surface area contributed by atoms with Crippen LogP contribution in [-0.2, 0) is 49.9 Å². The summed E-state index contributed by atoms with van der Waals surface area (Å²) in [7, 11) is -8.34. The lowest BCUT2D eigenvalue weighted by Gasteiger charge is -2.32. The zero-order chi connectivity index (χ0) is 44.3. The third-order valence-electron chi connectivity index (χ3n) is 10.8. The van der Waals surface area contributed by atoms with Crippen molar-refractivity contribution < 1.29 is 45.4 Å². The molecule has 4 aromatic rings. The second-order valence-electron chi connectivity index (χ2n) is 17.9. The third kappa shape index (κ3) is 8.81. The van der Waals surface area contributed by atoms with Crippen molar-refractivity contribution in [3.63, 3.8) is 0 Å². The fourth-order valence-corrected chi connectivity index (χ4v) is 10.9. The van der Waals surface area contributed by atoms with Gasteiger partial charge in [0, 0.05) is 48.2 Å². The van der Waals surface area contributed by atoms with Crippen LogP contribution in [0, 0.1) is 13.8 Å². The zero-order valence-corrected chi connectivity index (χ0v) is 38.1. The highest BCUT2D eigenvalue weighted by Gasteiger charge is 2.46. The van der Waals surface area contributed by atoms with Crippen LogP contribution in [0.5, 0.6) is 11.5 Å². The molecule has 0 aromatic heterocycles. The molecule has 0 N–H and O–H groups in total. The highest BCUT2D eigenvalue weighted by Crippen LogP contribution is 2.51. The Kier molecular flexibility index (Phi) is 12.4. The van der Waals surface area contributed by atoms with E-state index in [0.29, 0.717) is 11.1 Å². The predicted molar refractivity (Wildman–Crippen MR) is 229 cm³/mol. The number of hydrogen-bond donors (Lipinski definition) is 0. The smallest absolute Gasteiger partial charge is 0.308 e. The summed E-state index contributed by atoms with van der Waals surface area (Å²) in [5.74, 6) is -1.39. The van der Waals surface area contributed by atoms with E-state index in [1.807, 2.05) is 67.5 Å². The van der Waals surface area contributed by atoms with Gasteiger partial charge in [-0.15, -0.1) is 0 Å². The SMILES string of the molecule is CC(=O)Oc1c(-c2cc(C(C)(C)C)cc([C@@H]3OC[C@H](C)N3S(=O)(=O)c3ccc(C)cc3)c2OC(C)=O)cc(C(C)(C)C)cc1[C@@H]1OC[C@H](C)N1S(=O)(=O)c1ccc(C)cc1. The molecule has 14 heteroatoms. The molecule has 2 fully saturated rings. The van der Waals surface area contributed by atoms with Crippen molar-refractivity contribution in [2.24, 2.45) is 0 Å². The minimum Gasteiger partial charge on any atom is -0.426 e. The van der Waals surface area contributed by atoms with Crippen LogP contribution in [0.1, 0.15) is 115 Å². The van der Waals surface area contributed by atoms with Gasteiger partial charge in [-0.1, -0.05) is 76.9 Å². The normalized spacial score (nSPS) is 20.7. The van der Waals surface area contributed by atoms with E-state index < -0.39 is 67.4 Å². The van der Waals surface area contributed by atoms with Crippen LogP contribution in [0.2, 0.25) is 0 Å². The first kappa shape index (κ1) is 45.1. The molecule has 4 atom stereocenters.